The lowest BCUT2D eigenvalue weighted by atomic mass is 9.98. The largest absolute Gasteiger partial charge is 0.265 e. The Morgan fingerprint density at radius 1 is 0.588 bits per heavy atom. The van der Waals surface area contributed by atoms with Crippen LogP contribution < -0.4 is 0 Å². The van der Waals surface area contributed by atoms with E-state index >= 15 is 0 Å². The molecule has 82 valence electrons. The van der Waals surface area contributed by atoms with Crippen LogP contribution in [0, 0.1) is 0 Å². The summed E-state index contributed by atoms with van der Waals surface area (Å²) in [6.45, 7) is 0. The van der Waals surface area contributed by atoms with Crippen LogP contribution in [0.15, 0.2) is 54.8 Å². The fourth-order valence-corrected chi connectivity index (χ4v) is 3.88. The predicted octanol–water partition coefficient (Wildman–Crippen LogP) is 3.25. The van der Waals surface area contributed by atoms with E-state index in [4.69, 9.17) is 0 Å². The summed E-state index contributed by atoms with van der Waals surface area (Å²) in [6, 6.07) is 0. The van der Waals surface area contributed by atoms with Gasteiger partial charge in [0.1, 0.15) is 0 Å². The first-order valence-electron chi connectivity index (χ1n) is 6.36. The molecule has 5 aliphatic rings. The second kappa shape index (κ2) is 2.58. The second-order valence-corrected chi connectivity index (χ2v) is 5.33. The first-order valence-corrected chi connectivity index (χ1v) is 6.36. The molecule has 0 N–H and O–H groups in total. The first kappa shape index (κ1) is 8.40. The van der Waals surface area contributed by atoms with Crippen LogP contribution in [-0.2, 0) is 0 Å². The highest BCUT2D eigenvalue weighted by molar-refractivity contribution is 5.81. The molecule has 0 saturated heterocycles. The number of hydrogen-bond acceptors (Lipinski definition) is 2. The van der Waals surface area contributed by atoms with Crippen LogP contribution in [0.1, 0.15) is 32.1 Å². The van der Waals surface area contributed by atoms with Gasteiger partial charge in [0.15, 0.2) is 0 Å². The molecule has 5 rings (SSSR count). The summed E-state index contributed by atoms with van der Waals surface area (Å²) >= 11 is 0. The SMILES string of the molecule is C1=NC2=C(C1)C1=C(C2)C2=C(C1)C1=C(C2)N=CC1. The summed E-state index contributed by atoms with van der Waals surface area (Å²) in [5.41, 5.74) is 12.2. The zero-order valence-corrected chi connectivity index (χ0v) is 9.58. The Labute approximate surface area is 99.9 Å². The molecular formula is C15H12N2. The Balaban J connectivity index is 1.58. The van der Waals surface area contributed by atoms with E-state index in [2.05, 4.69) is 22.4 Å². The van der Waals surface area contributed by atoms with E-state index in [0.29, 0.717) is 0 Å². The molecule has 2 nitrogen and oxygen atoms in total. The maximum absolute atomic E-state index is 4.51. The highest BCUT2D eigenvalue weighted by Gasteiger charge is 2.39. The molecule has 0 aromatic rings. The zero-order valence-electron chi connectivity index (χ0n) is 9.58. The minimum atomic E-state index is 1.07. The number of fused-ring (bicyclic) bond motifs is 3. The molecule has 2 heteroatoms. The predicted molar refractivity (Wildman–Crippen MR) is 68.2 cm³/mol. The lowest BCUT2D eigenvalue weighted by Gasteiger charge is -2.05. The maximum atomic E-state index is 4.51. The number of allylic oxidation sites excluding steroid dienone is 6. The average molecular weight is 220 g/mol. The molecule has 0 radical (unpaired) electrons. The van der Waals surface area contributed by atoms with E-state index < -0.39 is 0 Å². The molecule has 0 aromatic heterocycles. The zero-order chi connectivity index (χ0) is 11.0. The summed E-state index contributed by atoms with van der Waals surface area (Å²) in [5.74, 6) is 0. The summed E-state index contributed by atoms with van der Waals surface area (Å²) in [6.07, 6.45) is 9.61. The van der Waals surface area contributed by atoms with Gasteiger partial charge in [0.2, 0.25) is 0 Å². The molecule has 0 unspecified atom stereocenters. The van der Waals surface area contributed by atoms with Gasteiger partial charge in [0, 0.05) is 49.5 Å². The fraction of sp³-hybridized carbons (Fsp3) is 0.333. The van der Waals surface area contributed by atoms with E-state index in [-0.39, 0.29) is 0 Å². The minimum Gasteiger partial charge on any atom is -0.265 e. The van der Waals surface area contributed by atoms with Crippen LogP contribution in [-0.4, -0.2) is 12.4 Å². The van der Waals surface area contributed by atoms with Crippen molar-refractivity contribution in [1.29, 1.82) is 0 Å². The molecular weight excluding hydrogens is 208 g/mol. The minimum absolute atomic E-state index is 1.07. The molecule has 0 atom stereocenters. The molecule has 0 spiro atoms. The highest BCUT2D eigenvalue weighted by atomic mass is 14.8. The fourth-order valence-electron chi connectivity index (χ4n) is 3.88. The number of aliphatic imine (C=N–C) groups is 2. The van der Waals surface area contributed by atoms with Crippen molar-refractivity contribution in [3.8, 4) is 0 Å². The van der Waals surface area contributed by atoms with Crippen molar-refractivity contribution in [3.05, 3.63) is 44.8 Å². The second-order valence-electron chi connectivity index (χ2n) is 5.33. The molecule has 2 aliphatic heterocycles. The molecule has 0 amide bonds. The van der Waals surface area contributed by atoms with E-state index in [9.17, 15) is 0 Å². The van der Waals surface area contributed by atoms with Gasteiger partial charge in [-0.3, -0.25) is 9.98 Å². The number of hydrogen-bond donors (Lipinski definition) is 0. The average Bonchev–Trinajstić information content (AvgIpc) is 2.99. The Morgan fingerprint density at radius 3 is 1.59 bits per heavy atom. The smallest absolute Gasteiger partial charge is 0.0482 e. The van der Waals surface area contributed by atoms with Crippen molar-refractivity contribution in [2.45, 2.75) is 32.1 Å². The van der Waals surface area contributed by atoms with Gasteiger partial charge >= 0.3 is 0 Å². The lowest BCUT2D eigenvalue weighted by molar-refractivity contribution is 1.07. The number of nitrogens with zero attached hydrogens (tertiary/aromatic N) is 2. The summed E-state index contributed by atoms with van der Waals surface area (Å²) in [4.78, 5) is 9.03. The van der Waals surface area contributed by atoms with Crippen molar-refractivity contribution < 1.29 is 0 Å². The molecule has 0 saturated carbocycles. The van der Waals surface area contributed by atoms with Crippen molar-refractivity contribution >= 4 is 12.4 Å². The molecule has 17 heavy (non-hydrogen) atoms. The van der Waals surface area contributed by atoms with Crippen LogP contribution >= 0.6 is 0 Å². The first-order chi connectivity index (χ1) is 8.42. The van der Waals surface area contributed by atoms with E-state index in [0.717, 1.165) is 32.1 Å². The van der Waals surface area contributed by atoms with Crippen LogP contribution in [0.5, 0.6) is 0 Å². The Hall–Kier alpha value is -1.70. The van der Waals surface area contributed by atoms with Crippen LogP contribution in [0.3, 0.4) is 0 Å². The van der Waals surface area contributed by atoms with Crippen molar-refractivity contribution in [1.82, 2.24) is 0 Å². The third kappa shape index (κ3) is 0.855. The standard InChI is InChI=1S/C15H12N2/c1-3-16-14-6-12-10(8(1)14)5-11-9-2-4-17-15(9)7-13(11)12/h3-4H,1-2,5-7H2. The van der Waals surface area contributed by atoms with Crippen molar-refractivity contribution in [2.75, 3.05) is 0 Å². The van der Waals surface area contributed by atoms with Crippen molar-refractivity contribution in [2.24, 2.45) is 9.98 Å². The van der Waals surface area contributed by atoms with Crippen LogP contribution in [0.4, 0.5) is 0 Å². The summed E-state index contributed by atoms with van der Waals surface area (Å²) in [5, 5.41) is 0. The third-order valence-electron chi connectivity index (χ3n) is 4.65. The lowest BCUT2D eigenvalue weighted by Crippen LogP contribution is -1.90. The third-order valence-corrected chi connectivity index (χ3v) is 4.65. The Bertz CT molecular complexity index is 605. The topological polar surface area (TPSA) is 24.7 Å². The monoisotopic (exact) mass is 220 g/mol. The van der Waals surface area contributed by atoms with E-state index in [1.54, 1.807) is 22.3 Å². The molecule has 0 bridgehead atoms. The van der Waals surface area contributed by atoms with Gasteiger partial charge in [-0.2, -0.15) is 0 Å². The number of rotatable bonds is 0. The maximum Gasteiger partial charge on any atom is 0.0482 e. The summed E-state index contributed by atoms with van der Waals surface area (Å²) in [7, 11) is 0. The van der Waals surface area contributed by atoms with Gasteiger partial charge in [0.05, 0.1) is 0 Å². The van der Waals surface area contributed by atoms with Gasteiger partial charge in [-0.25, -0.2) is 0 Å². The normalized spacial score (nSPS) is 27.8. The van der Waals surface area contributed by atoms with Gasteiger partial charge < -0.3 is 0 Å². The highest BCUT2D eigenvalue weighted by Crippen LogP contribution is 2.55. The van der Waals surface area contributed by atoms with Gasteiger partial charge in [-0.05, 0) is 39.9 Å². The van der Waals surface area contributed by atoms with Gasteiger partial charge in [-0.15, -0.1) is 0 Å². The van der Waals surface area contributed by atoms with Gasteiger partial charge in [-0.1, -0.05) is 0 Å². The quantitative estimate of drug-likeness (QED) is 0.598. The Kier molecular flexibility index (Phi) is 1.28. The van der Waals surface area contributed by atoms with Crippen molar-refractivity contribution in [3.63, 3.8) is 0 Å². The Morgan fingerprint density at radius 2 is 1.06 bits per heavy atom. The van der Waals surface area contributed by atoms with Crippen LogP contribution in [0.25, 0.3) is 0 Å². The molecule has 3 aliphatic carbocycles. The molecule has 0 aromatic carbocycles. The molecule has 0 fully saturated rings. The van der Waals surface area contributed by atoms with Crippen LogP contribution in [0.2, 0.25) is 0 Å². The van der Waals surface area contributed by atoms with E-state index in [1.165, 1.54) is 22.5 Å². The van der Waals surface area contributed by atoms with Gasteiger partial charge in [0.25, 0.3) is 0 Å². The molecule has 2 heterocycles. The van der Waals surface area contributed by atoms with E-state index in [1.807, 2.05) is 0 Å². The summed E-state index contributed by atoms with van der Waals surface area (Å²) < 4.78 is 0.